The molecule has 2 heterocycles. The number of benzene rings is 2. The second-order valence-corrected chi connectivity index (χ2v) is 6.68. The van der Waals surface area contributed by atoms with Crippen LogP contribution in [-0.2, 0) is 10.1 Å². The molecule has 7 heteroatoms. The third kappa shape index (κ3) is 1.83. The number of carbonyl (C=O) groups excluding carboxylic acids is 1. The lowest BCUT2D eigenvalue weighted by Crippen LogP contribution is -2.36. The summed E-state index contributed by atoms with van der Waals surface area (Å²) in [4.78, 5) is 11.8. The van der Waals surface area contributed by atoms with Crippen molar-refractivity contribution in [2.24, 2.45) is 0 Å². The van der Waals surface area contributed by atoms with E-state index in [0.717, 1.165) is 5.56 Å². The Morgan fingerprint density at radius 1 is 1.18 bits per heavy atom. The molecule has 4 rings (SSSR count). The maximum Gasteiger partial charge on any atom is 0.294 e. The van der Waals surface area contributed by atoms with Crippen molar-refractivity contribution in [2.45, 2.75) is 10.8 Å². The Bertz CT molecular complexity index is 920. The number of ether oxygens (including phenoxy) is 1. The number of hydrogen-bond acceptors (Lipinski definition) is 4. The van der Waals surface area contributed by atoms with Gasteiger partial charge in [0.2, 0.25) is 0 Å². The van der Waals surface area contributed by atoms with E-state index < -0.39 is 10.1 Å². The molecule has 0 spiro atoms. The first-order chi connectivity index (χ1) is 10.4. The lowest BCUT2D eigenvalue weighted by Gasteiger charge is -2.33. The minimum atomic E-state index is -4.29. The average molecular weight is 317 g/mol. The molecule has 0 saturated carbocycles. The van der Waals surface area contributed by atoms with Crippen molar-refractivity contribution in [3.63, 3.8) is 0 Å². The Hall–Kier alpha value is -2.38. The molecule has 0 radical (unpaired) electrons. The summed E-state index contributed by atoms with van der Waals surface area (Å²) in [5, 5.41) is 2.79. The van der Waals surface area contributed by atoms with Crippen LogP contribution in [0.3, 0.4) is 0 Å². The Morgan fingerprint density at radius 3 is 2.77 bits per heavy atom. The number of hydrogen-bond donors (Lipinski definition) is 2. The zero-order valence-corrected chi connectivity index (χ0v) is 12.1. The van der Waals surface area contributed by atoms with Crippen molar-refractivity contribution in [3.8, 4) is 11.5 Å². The molecular formula is C15H11NO5S. The predicted molar refractivity (Wildman–Crippen MR) is 76.9 cm³/mol. The van der Waals surface area contributed by atoms with Gasteiger partial charge in [0.15, 0.2) is 0 Å². The topological polar surface area (TPSA) is 92.7 Å². The summed E-state index contributed by atoms with van der Waals surface area (Å²) in [6, 6.07) is 9.44. The van der Waals surface area contributed by atoms with Crippen LogP contribution in [0.1, 0.15) is 27.4 Å². The summed E-state index contributed by atoms with van der Waals surface area (Å²) in [6.45, 7) is 0.355. The van der Waals surface area contributed by atoms with Crippen molar-refractivity contribution in [2.75, 3.05) is 6.54 Å². The van der Waals surface area contributed by atoms with E-state index in [9.17, 15) is 17.8 Å². The highest BCUT2D eigenvalue weighted by Gasteiger charge is 2.35. The Morgan fingerprint density at radius 2 is 2.00 bits per heavy atom. The van der Waals surface area contributed by atoms with Crippen LogP contribution >= 0.6 is 0 Å². The smallest absolute Gasteiger partial charge is 0.294 e. The van der Waals surface area contributed by atoms with Gasteiger partial charge >= 0.3 is 0 Å². The molecule has 112 valence electrons. The molecule has 0 bridgehead atoms. The normalized spacial score (nSPS) is 18.8. The molecule has 0 saturated heterocycles. The molecule has 1 unspecified atom stereocenters. The van der Waals surface area contributed by atoms with E-state index in [0.29, 0.717) is 29.2 Å². The van der Waals surface area contributed by atoms with Crippen molar-refractivity contribution >= 4 is 16.0 Å². The van der Waals surface area contributed by atoms with Crippen LogP contribution in [0.4, 0.5) is 0 Å². The third-order valence-corrected chi connectivity index (χ3v) is 4.85. The van der Waals surface area contributed by atoms with Gasteiger partial charge in [0, 0.05) is 29.2 Å². The minimum absolute atomic E-state index is 0.175. The largest absolute Gasteiger partial charge is 0.457 e. The number of amides is 1. The van der Waals surface area contributed by atoms with E-state index in [2.05, 4.69) is 5.32 Å². The molecule has 22 heavy (non-hydrogen) atoms. The third-order valence-electron chi connectivity index (χ3n) is 4.00. The molecule has 0 aliphatic carbocycles. The van der Waals surface area contributed by atoms with E-state index in [1.165, 1.54) is 18.2 Å². The average Bonchev–Trinajstić information content (AvgIpc) is 2.48. The maximum absolute atomic E-state index is 12.0. The van der Waals surface area contributed by atoms with Gasteiger partial charge in [-0.15, -0.1) is 0 Å². The van der Waals surface area contributed by atoms with Gasteiger partial charge in [-0.05, 0) is 30.3 Å². The standard InChI is InChI=1S/C15H11NO5S/c17-15-9-2-1-3-13-14(9)11(7-16-15)10-6-8(22(18,19)20)4-5-12(10)21-13/h1-6,11H,7H2,(H,16,17)(H,18,19,20). The van der Waals surface area contributed by atoms with E-state index in [4.69, 9.17) is 4.74 Å². The van der Waals surface area contributed by atoms with Gasteiger partial charge in [-0.3, -0.25) is 9.35 Å². The molecule has 0 aromatic heterocycles. The Labute approximate surface area is 126 Å². The second-order valence-electron chi connectivity index (χ2n) is 5.26. The highest BCUT2D eigenvalue weighted by Crippen LogP contribution is 2.47. The van der Waals surface area contributed by atoms with Gasteiger partial charge in [0.05, 0.1) is 4.90 Å². The fourth-order valence-corrected chi connectivity index (χ4v) is 3.53. The fourth-order valence-electron chi connectivity index (χ4n) is 3.02. The molecule has 2 aliphatic rings. The first-order valence-electron chi connectivity index (χ1n) is 6.65. The van der Waals surface area contributed by atoms with Crippen LogP contribution in [0.5, 0.6) is 11.5 Å². The molecule has 2 aromatic rings. The zero-order valence-electron chi connectivity index (χ0n) is 11.2. The van der Waals surface area contributed by atoms with Gasteiger partial charge in [-0.25, -0.2) is 0 Å². The summed E-state index contributed by atoms with van der Waals surface area (Å²) >= 11 is 0. The molecule has 1 amide bonds. The summed E-state index contributed by atoms with van der Waals surface area (Å²) in [7, 11) is -4.29. The van der Waals surface area contributed by atoms with E-state index in [1.807, 2.05) is 0 Å². The molecular weight excluding hydrogens is 306 g/mol. The molecule has 2 aliphatic heterocycles. The first-order valence-corrected chi connectivity index (χ1v) is 8.09. The van der Waals surface area contributed by atoms with Crippen molar-refractivity contribution in [3.05, 3.63) is 53.1 Å². The zero-order chi connectivity index (χ0) is 15.5. The summed E-state index contributed by atoms with van der Waals surface area (Å²) in [5.74, 6) is 0.753. The minimum Gasteiger partial charge on any atom is -0.457 e. The van der Waals surface area contributed by atoms with Crippen LogP contribution in [0.25, 0.3) is 0 Å². The van der Waals surface area contributed by atoms with E-state index >= 15 is 0 Å². The van der Waals surface area contributed by atoms with Crippen LogP contribution < -0.4 is 10.1 Å². The summed E-state index contributed by atoms with van der Waals surface area (Å²) < 4.78 is 37.7. The predicted octanol–water partition coefficient (Wildman–Crippen LogP) is 1.91. The highest BCUT2D eigenvalue weighted by atomic mass is 32.2. The number of rotatable bonds is 1. The van der Waals surface area contributed by atoms with E-state index in [-0.39, 0.29) is 16.7 Å². The SMILES string of the molecule is O=C1NCC2c3cc(S(=O)(=O)O)ccc3Oc3cccc1c32. The Balaban J connectivity index is 1.95. The van der Waals surface area contributed by atoms with Gasteiger partial charge in [-0.2, -0.15) is 8.42 Å². The monoisotopic (exact) mass is 317 g/mol. The van der Waals surface area contributed by atoms with Crippen molar-refractivity contribution in [1.29, 1.82) is 0 Å². The Kier molecular flexibility index (Phi) is 2.60. The quantitative estimate of drug-likeness (QED) is 0.784. The van der Waals surface area contributed by atoms with Crippen LogP contribution in [0.2, 0.25) is 0 Å². The van der Waals surface area contributed by atoms with Gasteiger partial charge in [0.1, 0.15) is 11.5 Å². The number of carbonyl (C=O) groups is 1. The number of fused-ring (bicyclic) bond motifs is 2. The van der Waals surface area contributed by atoms with Crippen LogP contribution in [0, 0.1) is 0 Å². The van der Waals surface area contributed by atoms with E-state index in [1.54, 1.807) is 18.2 Å². The fraction of sp³-hybridized carbons (Fsp3) is 0.133. The molecule has 2 aromatic carbocycles. The summed E-state index contributed by atoms with van der Waals surface area (Å²) in [6.07, 6.45) is 0. The molecule has 6 nitrogen and oxygen atoms in total. The lowest BCUT2D eigenvalue weighted by atomic mass is 9.82. The maximum atomic E-state index is 12.0. The number of nitrogens with one attached hydrogen (secondary N) is 1. The lowest BCUT2D eigenvalue weighted by molar-refractivity contribution is 0.0940. The summed E-state index contributed by atoms with van der Waals surface area (Å²) in [5.41, 5.74) is 1.91. The highest BCUT2D eigenvalue weighted by molar-refractivity contribution is 7.85. The van der Waals surface area contributed by atoms with Crippen LogP contribution in [-0.4, -0.2) is 25.4 Å². The molecule has 1 atom stereocenters. The van der Waals surface area contributed by atoms with Gasteiger partial charge in [0.25, 0.3) is 16.0 Å². The van der Waals surface area contributed by atoms with Crippen LogP contribution in [0.15, 0.2) is 41.3 Å². The van der Waals surface area contributed by atoms with Crippen molar-refractivity contribution in [1.82, 2.24) is 5.32 Å². The molecule has 2 N–H and O–H groups in total. The van der Waals surface area contributed by atoms with Crippen molar-refractivity contribution < 1.29 is 22.5 Å². The molecule has 0 fully saturated rings. The second kappa shape index (κ2) is 4.31. The van der Waals surface area contributed by atoms with Gasteiger partial charge in [-0.1, -0.05) is 6.07 Å². The first kappa shape index (κ1) is 13.3. The van der Waals surface area contributed by atoms with Gasteiger partial charge < -0.3 is 10.1 Å².